The highest BCUT2D eigenvalue weighted by molar-refractivity contribution is 6.27. The number of amides is 3. The summed E-state index contributed by atoms with van der Waals surface area (Å²) in [5, 5.41) is 7.68. The number of benzene rings is 2. The van der Waals surface area contributed by atoms with Gasteiger partial charge in [0, 0.05) is 6.42 Å². The monoisotopic (exact) mass is 481 g/mol. The molecule has 186 valence electrons. The van der Waals surface area contributed by atoms with Gasteiger partial charge in [-0.05, 0) is 24.0 Å². The smallest absolute Gasteiger partial charge is 0.408 e. The van der Waals surface area contributed by atoms with E-state index in [1.54, 1.807) is 38.1 Å². The number of Topliss-reactive ketones (excluding diaryl/α,β-unsaturated/α-hetero) is 1. The summed E-state index contributed by atoms with van der Waals surface area (Å²) >= 11 is 0. The van der Waals surface area contributed by atoms with E-state index >= 15 is 0 Å². The first-order valence-electron chi connectivity index (χ1n) is 11.3. The van der Waals surface area contributed by atoms with Crippen LogP contribution in [0.15, 0.2) is 60.7 Å². The standard InChI is InChI=1S/C26H31N3O6/c1-17(2)23(29-26(34)35-16-20-12-8-5-9-13-20)25(33)28-21(14-19-10-6-4-7-11-19)24(32)27-18(3)22(31)15-30/h4-13,15,17-18,21,23H,14,16H2,1-3H3,(H,27,32)(H,28,33)(H,29,34)/t18-,21-,23-/m0/s1. The summed E-state index contributed by atoms with van der Waals surface area (Å²) in [5.74, 6) is -2.30. The van der Waals surface area contributed by atoms with Gasteiger partial charge in [-0.1, -0.05) is 74.5 Å². The van der Waals surface area contributed by atoms with Gasteiger partial charge in [-0.3, -0.25) is 19.2 Å². The summed E-state index contributed by atoms with van der Waals surface area (Å²) in [4.78, 5) is 60.7. The number of aldehydes is 1. The SMILES string of the molecule is CC(C)[C@H](NC(=O)OCc1ccccc1)C(=O)N[C@@H](Cc1ccccc1)C(=O)N[C@@H](C)C(=O)C=O. The van der Waals surface area contributed by atoms with Gasteiger partial charge in [0.05, 0.1) is 6.04 Å². The topological polar surface area (TPSA) is 131 Å². The van der Waals surface area contributed by atoms with Crippen molar-refractivity contribution in [2.24, 2.45) is 5.92 Å². The number of rotatable bonds is 12. The molecular formula is C26H31N3O6. The first-order chi connectivity index (χ1) is 16.7. The number of nitrogens with one attached hydrogen (secondary N) is 3. The molecule has 0 aromatic heterocycles. The second-order valence-corrected chi connectivity index (χ2v) is 8.43. The third-order valence-electron chi connectivity index (χ3n) is 5.25. The molecule has 0 saturated heterocycles. The third-order valence-corrected chi connectivity index (χ3v) is 5.25. The van der Waals surface area contributed by atoms with Crippen LogP contribution in [0.1, 0.15) is 31.9 Å². The van der Waals surface area contributed by atoms with Gasteiger partial charge in [0.15, 0.2) is 6.29 Å². The first-order valence-corrected chi connectivity index (χ1v) is 11.3. The molecule has 0 aliphatic heterocycles. The number of alkyl carbamates (subject to hydrolysis) is 1. The highest BCUT2D eigenvalue weighted by Crippen LogP contribution is 2.08. The van der Waals surface area contributed by atoms with Gasteiger partial charge in [-0.25, -0.2) is 4.79 Å². The Bertz CT molecular complexity index is 1010. The zero-order chi connectivity index (χ0) is 25.8. The van der Waals surface area contributed by atoms with Crippen LogP contribution in [0, 0.1) is 5.92 Å². The molecule has 9 nitrogen and oxygen atoms in total. The average Bonchev–Trinajstić information content (AvgIpc) is 2.85. The van der Waals surface area contributed by atoms with Crippen LogP contribution in [0.4, 0.5) is 4.79 Å². The van der Waals surface area contributed by atoms with E-state index in [0.717, 1.165) is 11.1 Å². The van der Waals surface area contributed by atoms with Gasteiger partial charge in [0.1, 0.15) is 18.7 Å². The van der Waals surface area contributed by atoms with Crippen molar-refractivity contribution in [3.05, 3.63) is 71.8 Å². The minimum Gasteiger partial charge on any atom is -0.445 e. The van der Waals surface area contributed by atoms with E-state index in [1.807, 2.05) is 36.4 Å². The summed E-state index contributed by atoms with van der Waals surface area (Å²) < 4.78 is 5.22. The summed E-state index contributed by atoms with van der Waals surface area (Å²) in [6.07, 6.45) is -0.490. The lowest BCUT2D eigenvalue weighted by Crippen LogP contribution is -2.57. The van der Waals surface area contributed by atoms with Crippen LogP contribution < -0.4 is 16.0 Å². The van der Waals surface area contributed by atoms with Crippen LogP contribution in [0.3, 0.4) is 0 Å². The third kappa shape index (κ3) is 9.04. The van der Waals surface area contributed by atoms with Gasteiger partial charge in [0.2, 0.25) is 17.6 Å². The number of hydrogen-bond donors (Lipinski definition) is 3. The minimum atomic E-state index is -1.05. The van der Waals surface area contributed by atoms with E-state index in [4.69, 9.17) is 4.74 Å². The molecule has 35 heavy (non-hydrogen) atoms. The summed E-state index contributed by atoms with van der Waals surface area (Å²) in [6, 6.07) is 15.1. The maximum Gasteiger partial charge on any atom is 0.408 e. The zero-order valence-electron chi connectivity index (χ0n) is 20.0. The van der Waals surface area contributed by atoms with Crippen molar-refractivity contribution in [1.29, 1.82) is 0 Å². The summed E-state index contributed by atoms with van der Waals surface area (Å²) in [6.45, 7) is 4.93. The predicted molar refractivity (Wildman–Crippen MR) is 129 cm³/mol. The normalized spacial score (nSPS) is 13.1. The molecule has 2 aromatic carbocycles. The van der Waals surface area contributed by atoms with Crippen molar-refractivity contribution < 1.29 is 28.7 Å². The predicted octanol–water partition coefficient (Wildman–Crippen LogP) is 1.94. The minimum absolute atomic E-state index is 0.0425. The maximum atomic E-state index is 13.1. The summed E-state index contributed by atoms with van der Waals surface area (Å²) in [5.41, 5.74) is 1.57. The van der Waals surface area contributed by atoms with E-state index in [9.17, 15) is 24.0 Å². The number of carbonyl (C=O) groups is 5. The average molecular weight is 482 g/mol. The Kier molecular flexibility index (Phi) is 10.6. The molecule has 0 spiro atoms. The molecule has 0 fully saturated rings. The van der Waals surface area contributed by atoms with E-state index in [0.29, 0.717) is 0 Å². The lowest BCUT2D eigenvalue weighted by Gasteiger charge is -2.25. The Morgan fingerprint density at radius 2 is 1.37 bits per heavy atom. The fourth-order valence-corrected chi connectivity index (χ4v) is 3.23. The van der Waals surface area contributed by atoms with Crippen molar-refractivity contribution in [3.8, 4) is 0 Å². The van der Waals surface area contributed by atoms with Crippen LogP contribution in [-0.4, -0.2) is 48.1 Å². The molecule has 0 bridgehead atoms. The van der Waals surface area contributed by atoms with Crippen molar-refractivity contribution >= 4 is 30.0 Å². The van der Waals surface area contributed by atoms with Crippen LogP contribution in [0.25, 0.3) is 0 Å². The number of carbonyl (C=O) groups excluding carboxylic acids is 5. The molecule has 2 rings (SSSR count). The van der Waals surface area contributed by atoms with Crippen LogP contribution >= 0.6 is 0 Å². The Hall–Kier alpha value is -4.01. The molecule has 0 unspecified atom stereocenters. The Balaban J connectivity index is 2.09. The molecule has 0 heterocycles. The van der Waals surface area contributed by atoms with Crippen molar-refractivity contribution in [3.63, 3.8) is 0 Å². The van der Waals surface area contributed by atoms with E-state index < -0.39 is 41.8 Å². The van der Waals surface area contributed by atoms with Gasteiger partial charge in [-0.15, -0.1) is 0 Å². The molecule has 3 amide bonds. The second-order valence-electron chi connectivity index (χ2n) is 8.43. The molecule has 9 heteroatoms. The lowest BCUT2D eigenvalue weighted by molar-refractivity contribution is -0.134. The number of ketones is 1. The molecule has 2 aromatic rings. The van der Waals surface area contributed by atoms with Crippen molar-refractivity contribution in [1.82, 2.24) is 16.0 Å². The van der Waals surface area contributed by atoms with Gasteiger partial charge < -0.3 is 20.7 Å². The number of ether oxygens (including phenoxy) is 1. The maximum absolute atomic E-state index is 13.1. The highest BCUT2D eigenvalue weighted by atomic mass is 16.5. The lowest BCUT2D eigenvalue weighted by atomic mass is 10.0. The van der Waals surface area contributed by atoms with Gasteiger partial charge >= 0.3 is 6.09 Å². The van der Waals surface area contributed by atoms with Gasteiger partial charge in [-0.2, -0.15) is 0 Å². The van der Waals surface area contributed by atoms with Gasteiger partial charge in [0.25, 0.3) is 0 Å². The van der Waals surface area contributed by atoms with E-state index in [2.05, 4.69) is 16.0 Å². The highest BCUT2D eigenvalue weighted by Gasteiger charge is 2.30. The van der Waals surface area contributed by atoms with E-state index in [1.165, 1.54) is 6.92 Å². The summed E-state index contributed by atoms with van der Waals surface area (Å²) in [7, 11) is 0. The van der Waals surface area contributed by atoms with Crippen molar-refractivity contribution in [2.75, 3.05) is 0 Å². The Morgan fingerprint density at radius 1 is 0.800 bits per heavy atom. The fraction of sp³-hybridized carbons (Fsp3) is 0.346. The van der Waals surface area contributed by atoms with Crippen LogP contribution in [-0.2, 0) is 36.9 Å². The Morgan fingerprint density at radius 3 is 1.91 bits per heavy atom. The molecule has 0 saturated carbocycles. The van der Waals surface area contributed by atoms with Crippen LogP contribution in [0.2, 0.25) is 0 Å². The van der Waals surface area contributed by atoms with E-state index in [-0.39, 0.29) is 25.2 Å². The zero-order valence-corrected chi connectivity index (χ0v) is 20.0. The molecule has 0 aliphatic rings. The fourth-order valence-electron chi connectivity index (χ4n) is 3.23. The van der Waals surface area contributed by atoms with Crippen molar-refractivity contribution in [2.45, 2.75) is 51.9 Å². The largest absolute Gasteiger partial charge is 0.445 e. The Labute approximate surface area is 204 Å². The van der Waals surface area contributed by atoms with Crippen LogP contribution in [0.5, 0.6) is 0 Å². The molecule has 0 radical (unpaired) electrons. The molecule has 3 N–H and O–H groups in total. The first kappa shape index (κ1) is 27.2. The number of hydrogen-bond acceptors (Lipinski definition) is 6. The molecule has 3 atom stereocenters. The second kappa shape index (κ2) is 13.6. The molecule has 0 aliphatic carbocycles. The quantitative estimate of drug-likeness (QED) is 0.314. The molecular weight excluding hydrogens is 450 g/mol.